The Kier molecular flexibility index (Phi) is 7.42. The molecule has 2 aromatic carbocycles. The number of hydrogen-bond acceptors (Lipinski definition) is 3. The first-order valence-corrected chi connectivity index (χ1v) is 8.93. The van der Waals surface area contributed by atoms with Crippen molar-refractivity contribution in [3.05, 3.63) is 71.8 Å². The van der Waals surface area contributed by atoms with Crippen LogP contribution in [0.4, 0.5) is 0 Å². The molecule has 138 valence electrons. The van der Waals surface area contributed by atoms with Crippen LogP contribution in [-0.4, -0.2) is 23.2 Å². The number of rotatable bonds is 9. The Labute approximate surface area is 155 Å². The maximum atomic E-state index is 11.9. The van der Waals surface area contributed by atoms with Gasteiger partial charge in [0.05, 0.1) is 5.60 Å². The highest BCUT2D eigenvalue weighted by atomic mass is 16.5. The second kappa shape index (κ2) is 9.78. The van der Waals surface area contributed by atoms with Gasteiger partial charge in [-0.2, -0.15) is 0 Å². The molecule has 0 aromatic heterocycles. The number of benzene rings is 2. The molecule has 0 saturated carbocycles. The van der Waals surface area contributed by atoms with Gasteiger partial charge in [-0.15, -0.1) is 0 Å². The molecule has 2 rings (SSSR count). The van der Waals surface area contributed by atoms with Gasteiger partial charge in [0.25, 0.3) is 0 Å². The standard InChI is InChI=1S/C22H27NO3/c1-3-14-22(2,25)17-23-21(24)13-12-18-10-7-11-20(15-18)26-16-19-8-5-4-6-9-19/h4-13,15,25H,3,14,16-17H2,1-2H3,(H,23,24)/b13-12+/t22-/m0/s1. The van der Waals surface area contributed by atoms with Crippen LogP contribution in [0.25, 0.3) is 6.08 Å². The van der Waals surface area contributed by atoms with E-state index < -0.39 is 5.60 Å². The van der Waals surface area contributed by atoms with Crippen molar-refractivity contribution in [3.8, 4) is 5.75 Å². The van der Waals surface area contributed by atoms with Crippen LogP contribution in [0.15, 0.2) is 60.7 Å². The zero-order chi connectivity index (χ0) is 18.8. The van der Waals surface area contributed by atoms with E-state index in [0.717, 1.165) is 23.3 Å². The van der Waals surface area contributed by atoms with E-state index in [-0.39, 0.29) is 12.5 Å². The molecule has 2 N–H and O–H groups in total. The van der Waals surface area contributed by atoms with E-state index in [1.165, 1.54) is 6.08 Å². The molecule has 0 heterocycles. The van der Waals surface area contributed by atoms with E-state index in [2.05, 4.69) is 5.32 Å². The van der Waals surface area contributed by atoms with Crippen molar-refractivity contribution in [3.63, 3.8) is 0 Å². The van der Waals surface area contributed by atoms with Gasteiger partial charge >= 0.3 is 0 Å². The monoisotopic (exact) mass is 353 g/mol. The van der Waals surface area contributed by atoms with Gasteiger partial charge in [-0.1, -0.05) is 55.8 Å². The van der Waals surface area contributed by atoms with Gasteiger partial charge in [0.1, 0.15) is 12.4 Å². The number of nitrogens with one attached hydrogen (secondary N) is 1. The predicted octanol–water partition coefficient (Wildman–Crippen LogP) is 3.95. The van der Waals surface area contributed by atoms with E-state index in [1.54, 1.807) is 13.0 Å². The molecule has 4 nitrogen and oxygen atoms in total. The quantitative estimate of drug-likeness (QED) is 0.671. The van der Waals surface area contributed by atoms with Crippen LogP contribution in [0.5, 0.6) is 5.75 Å². The van der Waals surface area contributed by atoms with E-state index in [9.17, 15) is 9.90 Å². The lowest BCUT2D eigenvalue weighted by atomic mass is 10.0. The third kappa shape index (κ3) is 7.11. The molecule has 0 aliphatic rings. The van der Waals surface area contributed by atoms with Crippen LogP contribution in [0, 0.1) is 0 Å². The molecule has 0 saturated heterocycles. The van der Waals surface area contributed by atoms with Gasteiger partial charge in [0.2, 0.25) is 5.91 Å². The summed E-state index contributed by atoms with van der Waals surface area (Å²) < 4.78 is 5.79. The third-order valence-electron chi connectivity index (χ3n) is 3.97. The number of carbonyl (C=O) groups is 1. The van der Waals surface area contributed by atoms with Gasteiger partial charge in [0.15, 0.2) is 0 Å². The second-order valence-electron chi connectivity index (χ2n) is 6.64. The van der Waals surface area contributed by atoms with Crippen molar-refractivity contribution in [1.82, 2.24) is 5.32 Å². The summed E-state index contributed by atoms with van der Waals surface area (Å²) in [5.41, 5.74) is 1.11. The molecule has 1 atom stereocenters. The Bertz CT molecular complexity index is 723. The lowest BCUT2D eigenvalue weighted by molar-refractivity contribution is -0.117. The van der Waals surface area contributed by atoms with Crippen molar-refractivity contribution >= 4 is 12.0 Å². The van der Waals surface area contributed by atoms with Crippen LogP contribution in [0.3, 0.4) is 0 Å². The highest BCUT2D eigenvalue weighted by Crippen LogP contribution is 2.16. The Morgan fingerprint density at radius 3 is 2.69 bits per heavy atom. The summed E-state index contributed by atoms with van der Waals surface area (Å²) in [4.78, 5) is 11.9. The molecule has 0 unspecified atom stereocenters. The Hall–Kier alpha value is -2.59. The zero-order valence-corrected chi connectivity index (χ0v) is 15.4. The zero-order valence-electron chi connectivity index (χ0n) is 15.4. The van der Waals surface area contributed by atoms with Crippen LogP contribution >= 0.6 is 0 Å². The van der Waals surface area contributed by atoms with Crippen molar-refractivity contribution in [2.45, 2.75) is 38.9 Å². The summed E-state index contributed by atoms with van der Waals surface area (Å²) in [5, 5.41) is 12.8. The molecule has 0 bridgehead atoms. The molecule has 26 heavy (non-hydrogen) atoms. The normalized spacial score (nSPS) is 13.3. The maximum Gasteiger partial charge on any atom is 0.244 e. The topological polar surface area (TPSA) is 58.6 Å². The fourth-order valence-electron chi connectivity index (χ4n) is 2.58. The second-order valence-corrected chi connectivity index (χ2v) is 6.64. The molecule has 0 aliphatic carbocycles. The van der Waals surface area contributed by atoms with E-state index in [4.69, 9.17) is 4.74 Å². The molecular weight excluding hydrogens is 326 g/mol. The van der Waals surface area contributed by atoms with Crippen molar-refractivity contribution in [1.29, 1.82) is 0 Å². The van der Waals surface area contributed by atoms with Gasteiger partial charge in [-0.05, 0) is 42.7 Å². The number of aliphatic hydroxyl groups is 1. The number of ether oxygens (including phenoxy) is 1. The summed E-state index contributed by atoms with van der Waals surface area (Å²) in [6.07, 6.45) is 4.73. The van der Waals surface area contributed by atoms with Crippen LogP contribution < -0.4 is 10.1 Å². The molecule has 0 fully saturated rings. The molecule has 1 amide bonds. The van der Waals surface area contributed by atoms with Crippen molar-refractivity contribution < 1.29 is 14.6 Å². The summed E-state index contributed by atoms with van der Waals surface area (Å²) in [6, 6.07) is 17.5. The van der Waals surface area contributed by atoms with Gasteiger partial charge < -0.3 is 15.2 Å². The van der Waals surface area contributed by atoms with Crippen molar-refractivity contribution in [2.24, 2.45) is 0 Å². The lowest BCUT2D eigenvalue weighted by Crippen LogP contribution is -2.39. The Morgan fingerprint density at radius 1 is 1.19 bits per heavy atom. The fourth-order valence-corrected chi connectivity index (χ4v) is 2.58. The maximum absolute atomic E-state index is 11.9. The molecule has 4 heteroatoms. The summed E-state index contributed by atoms with van der Waals surface area (Å²) in [6.45, 7) is 4.47. The lowest BCUT2D eigenvalue weighted by Gasteiger charge is -2.22. The SMILES string of the molecule is CCC[C@](C)(O)CNC(=O)/C=C/c1cccc(OCc2ccccc2)c1. The largest absolute Gasteiger partial charge is 0.489 e. The summed E-state index contributed by atoms with van der Waals surface area (Å²) in [5.74, 6) is 0.527. The van der Waals surface area contributed by atoms with E-state index >= 15 is 0 Å². The van der Waals surface area contributed by atoms with Crippen LogP contribution in [0.1, 0.15) is 37.8 Å². The van der Waals surface area contributed by atoms with Gasteiger partial charge in [-0.3, -0.25) is 4.79 Å². The van der Waals surface area contributed by atoms with Crippen LogP contribution in [0.2, 0.25) is 0 Å². The smallest absolute Gasteiger partial charge is 0.244 e. The first-order valence-electron chi connectivity index (χ1n) is 8.93. The first kappa shape index (κ1) is 19.7. The Balaban J connectivity index is 1.87. The molecule has 0 aliphatic heterocycles. The first-order chi connectivity index (χ1) is 12.5. The predicted molar refractivity (Wildman–Crippen MR) is 105 cm³/mol. The number of hydrogen-bond donors (Lipinski definition) is 2. The molecule has 0 radical (unpaired) electrons. The van der Waals surface area contributed by atoms with Crippen molar-refractivity contribution in [2.75, 3.05) is 6.54 Å². The molecule has 2 aromatic rings. The highest BCUT2D eigenvalue weighted by molar-refractivity contribution is 5.91. The number of amides is 1. The van der Waals surface area contributed by atoms with E-state index in [1.807, 2.05) is 61.5 Å². The van der Waals surface area contributed by atoms with Crippen LogP contribution in [-0.2, 0) is 11.4 Å². The average Bonchev–Trinajstić information content (AvgIpc) is 2.64. The fraction of sp³-hybridized carbons (Fsp3) is 0.318. The summed E-state index contributed by atoms with van der Waals surface area (Å²) in [7, 11) is 0. The minimum absolute atomic E-state index is 0.225. The minimum Gasteiger partial charge on any atom is -0.489 e. The van der Waals surface area contributed by atoms with Gasteiger partial charge in [0, 0.05) is 12.6 Å². The highest BCUT2D eigenvalue weighted by Gasteiger charge is 2.19. The van der Waals surface area contributed by atoms with Gasteiger partial charge in [-0.25, -0.2) is 0 Å². The number of carbonyl (C=O) groups excluding carboxylic acids is 1. The van der Waals surface area contributed by atoms with E-state index in [0.29, 0.717) is 13.0 Å². The Morgan fingerprint density at radius 2 is 1.96 bits per heavy atom. The average molecular weight is 353 g/mol. The summed E-state index contributed by atoms with van der Waals surface area (Å²) >= 11 is 0. The third-order valence-corrected chi connectivity index (χ3v) is 3.97. The molecular formula is C22H27NO3. The molecule has 0 spiro atoms. The minimum atomic E-state index is -0.872.